The van der Waals surface area contributed by atoms with E-state index in [4.69, 9.17) is 0 Å². The van der Waals surface area contributed by atoms with Crippen LogP contribution in [0.1, 0.15) is 92.9 Å². The highest BCUT2D eigenvalue weighted by Crippen LogP contribution is 2.47. The molecule has 4 N–H and O–H groups in total. The van der Waals surface area contributed by atoms with E-state index in [1.165, 1.54) is 4.90 Å². The van der Waals surface area contributed by atoms with Gasteiger partial charge in [0, 0.05) is 19.5 Å². The van der Waals surface area contributed by atoms with Crippen LogP contribution in [-0.2, 0) is 19.2 Å². The van der Waals surface area contributed by atoms with Crippen molar-refractivity contribution in [2.24, 2.45) is 16.7 Å². The van der Waals surface area contributed by atoms with E-state index in [-0.39, 0.29) is 24.4 Å². The molecule has 2 aliphatic rings. The van der Waals surface area contributed by atoms with Crippen LogP contribution in [0.2, 0.25) is 0 Å². The Hall–Kier alpha value is -2.79. The van der Waals surface area contributed by atoms with Crippen LogP contribution in [-0.4, -0.2) is 76.7 Å². The molecule has 228 valence electrons. The number of carboxylic acid groups (broad SMARTS) is 1. The predicted molar refractivity (Wildman–Crippen MR) is 145 cm³/mol. The Balaban J connectivity index is 2.37. The molecule has 4 amide bonds. The summed E-state index contributed by atoms with van der Waals surface area (Å²) in [6.07, 6.45) is 2.20. The highest BCUT2D eigenvalue weighted by molar-refractivity contribution is 6.38. The molecular weight excluding hydrogens is 526 g/mol. The van der Waals surface area contributed by atoms with E-state index in [1.54, 1.807) is 20.8 Å². The van der Waals surface area contributed by atoms with Crippen LogP contribution >= 0.6 is 0 Å². The van der Waals surface area contributed by atoms with E-state index in [0.717, 1.165) is 32.1 Å². The number of nitrogens with one attached hydrogen (secondary N) is 3. The molecule has 0 bridgehead atoms. The molecule has 12 heteroatoms. The minimum Gasteiger partial charge on any atom is -0.465 e. The van der Waals surface area contributed by atoms with Crippen LogP contribution in [0.15, 0.2) is 0 Å². The highest BCUT2D eigenvalue weighted by Gasteiger charge is 2.51. The molecule has 1 spiro atoms. The van der Waals surface area contributed by atoms with Crippen LogP contribution in [0.25, 0.3) is 0 Å². The van der Waals surface area contributed by atoms with Crippen LogP contribution in [0.3, 0.4) is 0 Å². The lowest BCUT2D eigenvalue weighted by Crippen LogP contribution is -2.59. The first-order chi connectivity index (χ1) is 18.3. The van der Waals surface area contributed by atoms with E-state index in [2.05, 4.69) is 16.0 Å². The third-order valence-electron chi connectivity index (χ3n) is 7.79. The quantitative estimate of drug-likeness (QED) is 0.279. The summed E-state index contributed by atoms with van der Waals surface area (Å²) in [6.45, 7) is 9.94. The zero-order valence-electron chi connectivity index (χ0n) is 24.6. The first kappa shape index (κ1) is 33.4. The van der Waals surface area contributed by atoms with E-state index >= 15 is 0 Å². The fourth-order valence-corrected chi connectivity index (χ4v) is 5.60. The summed E-state index contributed by atoms with van der Waals surface area (Å²) in [6, 6.07) is -3.68. The number of halogens is 2. The Morgan fingerprint density at radius 1 is 1.00 bits per heavy atom. The smallest absolute Gasteiger partial charge is 0.405 e. The third kappa shape index (κ3) is 9.40. The average Bonchev–Trinajstić information content (AvgIpc) is 3.20. The third-order valence-corrected chi connectivity index (χ3v) is 7.79. The number of amides is 4. The van der Waals surface area contributed by atoms with Gasteiger partial charge < -0.3 is 26.0 Å². The van der Waals surface area contributed by atoms with Crippen molar-refractivity contribution < 1.29 is 37.9 Å². The number of ketones is 1. The number of nitrogens with zero attached hydrogens (tertiary/aromatic N) is 1. The number of likely N-dealkylation sites (tertiary alicyclic amines) is 1. The van der Waals surface area contributed by atoms with Gasteiger partial charge in [0.25, 0.3) is 5.91 Å². The molecule has 3 unspecified atom stereocenters. The molecule has 40 heavy (non-hydrogen) atoms. The molecule has 1 saturated carbocycles. The molecule has 2 rings (SSSR count). The maximum atomic E-state index is 13.8. The molecule has 10 nitrogen and oxygen atoms in total. The summed E-state index contributed by atoms with van der Waals surface area (Å²) >= 11 is 0. The molecule has 0 aromatic carbocycles. The number of hydrogen-bond acceptors (Lipinski definition) is 5. The molecule has 1 aliphatic carbocycles. The van der Waals surface area contributed by atoms with Gasteiger partial charge in [-0.25, -0.2) is 13.6 Å². The Bertz CT molecular complexity index is 953. The van der Waals surface area contributed by atoms with Crippen LogP contribution in [0.4, 0.5) is 13.6 Å². The largest absolute Gasteiger partial charge is 0.465 e. The van der Waals surface area contributed by atoms with Crippen molar-refractivity contribution in [1.82, 2.24) is 20.9 Å². The minimum atomic E-state index is -3.12. The zero-order valence-corrected chi connectivity index (χ0v) is 24.6. The summed E-state index contributed by atoms with van der Waals surface area (Å²) in [5.41, 5.74) is -1.15. The molecule has 0 radical (unpaired) electrons. The first-order valence-electron chi connectivity index (χ1n) is 14.2. The Morgan fingerprint density at radius 3 is 2.10 bits per heavy atom. The summed E-state index contributed by atoms with van der Waals surface area (Å²) in [5, 5.41) is 16.7. The lowest BCUT2D eigenvalue weighted by atomic mass is 9.72. The number of hydrogen-bond donors (Lipinski definition) is 4. The fourth-order valence-electron chi connectivity index (χ4n) is 5.60. The number of carbonyl (C=O) groups excluding carboxylic acids is 4. The monoisotopic (exact) mass is 572 g/mol. The minimum absolute atomic E-state index is 0.0460. The highest BCUT2D eigenvalue weighted by atomic mass is 19.3. The number of alkyl halides is 2. The van der Waals surface area contributed by atoms with Gasteiger partial charge in [-0.2, -0.15) is 0 Å². The van der Waals surface area contributed by atoms with Crippen molar-refractivity contribution in [2.45, 2.75) is 117 Å². The lowest BCUT2D eigenvalue weighted by molar-refractivity contribution is -0.144. The van der Waals surface area contributed by atoms with Gasteiger partial charge >= 0.3 is 6.09 Å². The second kappa shape index (κ2) is 13.2. The number of carbonyl (C=O) groups is 5. The maximum Gasteiger partial charge on any atom is 0.405 e. The summed E-state index contributed by atoms with van der Waals surface area (Å²) in [5.74, 6) is -6.35. The van der Waals surface area contributed by atoms with Crippen LogP contribution in [0.5, 0.6) is 0 Å². The molecule has 0 aromatic heterocycles. The first-order valence-corrected chi connectivity index (χ1v) is 14.2. The van der Waals surface area contributed by atoms with E-state index in [9.17, 15) is 37.9 Å². The Kier molecular flexibility index (Phi) is 11.1. The van der Waals surface area contributed by atoms with Gasteiger partial charge in [-0.15, -0.1) is 0 Å². The van der Waals surface area contributed by atoms with Gasteiger partial charge in [-0.1, -0.05) is 53.9 Å². The zero-order chi connectivity index (χ0) is 30.5. The molecule has 2 fully saturated rings. The van der Waals surface area contributed by atoms with E-state index in [1.807, 2.05) is 13.8 Å². The standard InChI is InChI=1S/C28H46F2N4O6/c1-17(2)15-31-23(37)20(35)18(10-13-27(6,29)30)32-22(36)19-14-28(11-8-7-9-12-28)16-34(19)24(38)21(26(3,4)5)33-25(39)40/h17-19,21,33H,7-16H2,1-6H3,(H,31,37)(H,32,36)(H,39,40). The maximum absolute atomic E-state index is 13.8. The molecule has 0 aromatic rings. The lowest BCUT2D eigenvalue weighted by Gasteiger charge is -2.36. The molecule has 1 heterocycles. The molecule has 1 aliphatic heterocycles. The molecule has 1 saturated heterocycles. The van der Waals surface area contributed by atoms with Gasteiger partial charge in [0.1, 0.15) is 12.1 Å². The van der Waals surface area contributed by atoms with Crippen molar-refractivity contribution in [3.63, 3.8) is 0 Å². The number of rotatable bonds is 11. The van der Waals surface area contributed by atoms with E-state index < -0.39 is 71.9 Å². The summed E-state index contributed by atoms with van der Waals surface area (Å²) in [4.78, 5) is 65.9. The molecule has 3 atom stereocenters. The van der Waals surface area contributed by atoms with Gasteiger partial charge in [0.2, 0.25) is 23.5 Å². The predicted octanol–water partition coefficient (Wildman–Crippen LogP) is 3.48. The van der Waals surface area contributed by atoms with Crippen molar-refractivity contribution >= 4 is 29.6 Å². The SMILES string of the molecule is CC(C)CNC(=O)C(=O)C(CCC(C)(F)F)NC(=O)C1CC2(CCCCC2)CN1C(=O)C(NC(=O)O)C(C)(C)C. The van der Waals surface area contributed by atoms with Gasteiger partial charge in [-0.05, 0) is 49.4 Å². The van der Waals surface area contributed by atoms with Crippen molar-refractivity contribution in [2.75, 3.05) is 13.1 Å². The van der Waals surface area contributed by atoms with Gasteiger partial charge in [0.15, 0.2) is 0 Å². The Labute approximate surface area is 235 Å². The van der Waals surface area contributed by atoms with Crippen LogP contribution < -0.4 is 16.0 Å². The van der Waals surface area contributed by atoms with Crippen molar-refractivity contribution in [1.29, 1.82) is 0 Å². The Morgan fingerprint density at radius 2 is 1.60 bits per heavy atom. The topological polar surface area (TPSA) is 145 Å². The van der Waals surface area contributed by atoms with Crippen LogP contribution in [0, 0.1) is 16.7 Å². The average molecular weight is 573 g/mol. The second-order valence-corrected chi connectivity index (χ2v) is 13.1. The van der Waals surface area contributed by atoms with Gasteiger partial charge in [-0.3, -0.25) is 19.2 Å². The van der Waals surface area contributed by atoms with E-state index in [0.29, 0.717) is 13.3 Å². The van der Waals surface area contributed by atoms with Crippen molar-refractivity contribution in [3.05, 3.63) is 0 Å². The second-order valence-electron chi connectivity index (χ2n) is 13.1. The summed E-state index contributed by atoms with van der Waals surface area (Å²) in [7, 11) is 0. The molecular formula is C28H46F2N4O6. The normalized spacial score (nSPS) is 20.6. The summed E-state index contributed by atoms with van der Waals surface area (Å²) < 4.78 is 27.4. The van der Waals surface area contributed by atoms with Gasteiger partial charge in [0.05, 0.1) is 6.04 Å². The number of Topliss-reactive ketones (excluding diaryl/α,β-unsaturated/α-hetero) is 1. The van der Waals surface area contributed by atoms with Crippen molar-refractivity contribution in [3.8, 4) is 0 Å². The fraction of sp³-hybridized carbons (Fsp3) is 0.821.